The van der Waals surface area contributed by atoms with Gasteiger partial charge >= 0.3 is 0 Å². The van der Waals surface area contributed by atoms with Crippen LogP contribution in [0.2, 0.25) is 5.02 Å². The molecule has 0 amide bonds. The Kier molecular flexibility index (Phi) is 5.42. The summed E-state index contributed by atoms with van der Waals surface area (Å²) in [7, 11) is 0. The third-order valence-electron chi connectivity index (χ3n) is 2.00. The monoisotopic (exact) mass is 260 g/mol. The average Bonchev–Trinajstić information content (AvgIpc) is 2.26. The first-order valence-electron chi connectivity index (χ1n) is 4.82. The number of nitrogens with one attached hydrogen (secondary N) is 1. The van der Waals surface area contributed by atoms with Crippen molar-refractivity contribution in [3.63, 3.8) is 0 Å². The van der Waals surface area contributed by atoms with Crippen molar-refractivity contribution in [1.29, 1.82) is 0 Å². The molecule has 1 rings (SSSR count). The van der Waals surface area contributed by atoms with E-state index in [0.29, 0.717) is 10.7 Å². The molecule has 0 radical (unpaired) electrons. The number of thioether (sulfide) groups is 1. The van der Waals surface area contributed by atoms with Gasteiger partial charge in [0.1, 0.15) is 0 Å². The van der Waals surface area contributed by atoms with E-state index < -0.39 is 4.92 Å². The summed E-state index contributed by atoms with van der Waals surface area (Å²) in [6.45, 7) is 0.766. The van der Waals surface area contributed by atoms with Gasteiger partial charge < -0.3 is 5.32 Å². The van der Waals surface area contributed by atoms with E-state index in [0.717, 1.165) is 18.7 Å². The number of nitrogens with zero attached hydrogens (tertiary/aromatic N) is 1. The standard InChI is InChI=1S/C10H13ClN2O2S/c1-16-6-2-5-12-10-7-8(13(14)15)3-4-9(10)11/h3-4,7,12H,2,5-6H2,1H3. The van der Waals surface area contributed by atoms with Crippen molar-refractivity contribution in [3.8, 4) is 0 Å². The molecular formula is C10H13ClN2O2S. The van der Waals surface area contributed by atoms with Crippen molar-refractivity contribution in [2.45, 2.75) is 6.42 Å². The van der Waals surface area contributed by atoms with Crippen LogP contribution in [-0.2, 0) is 0 Å². The molecule has 6 heteroatoms. The van der Waals surface area contributed by atoms with Gasteiger partial charge in [0.05, 0.1) is 15.6 Å². The molecule has 4 nitrogen and oxygen atoms in total. The van der Waals surface area contributed by atoms with Gasteiger partial charge in [-0.25, -0.2) is 0 Å². The van der Waals surface area contributed by atoms with Crippen molar-refractivity contribution in [1.82, 2.24) is 0 Å². The Labute approximate surface area is 104 Å². The second-order valence-corrected chi connectivity index (χ2v) is 4.59. The molecule has 0 saturated carbocycles. The third-order valence-corrected chi connectivity index (χ3v) is 3.03. The summed E-state index contributed by atoms with van der Waals surface area (Å²) in [5.74, 6) is 1.06. The fourth-order valence-electron chi connectivity index (χ4n) is 1.20. The molecule has 0 atom stereocenters. The minimum Gasteiger partial charge on any atom is -0.384 e. The minimum absolute atomic E-state index is 0.0526. The second-order valence-electron chi connectivity index (χ2n) is 3.19. The largest absolute Gasteiger partial charge is 0.384 e. The normalized spacial score (nSPS) is 10.1. The van der Waals surface area contributed by atoms with Gasteiger partial charge in [0.15, 0.2) is 0 Å². The zero-order valence-corrected chi connectivity index (χ0v) is 10.5. The van der Waals surface area contributed by atoms with Crippen molar-refractivity contribution in [2.24, 2.45) is 0 Å². The molecule has 0 spiro atoms. The number of nitro groups is 1. The Morgan fingerprint density at radius 3 is 2.94 bits per heavy atom. The van der Waals surface area contributed by atoms with Crippen LogP contribution in [0.3, 0.4) is 0 Å². The predicted octanol–water partition coefficient (Wildman–Crippen LogP) is 3.41. The number of hydrogen-bond donors (Lipinski definition) is 1. The van der Waals surface area contributed by atoms with Gasteiger partial charge in [0.25, 0.3) is 5.69 Å². The second kappa shape index (κ2) is 6.60. The Morgan fingerprint density at radius 1 is 1.56 bits per heavy atom. The maximum atomic E-state index is 10.6. The lowest BCUT2D eigenvalue weighted by Gasteiger charge is -2.07. The first-order chi connectivity index (χ1) is 7.65. The quantitative estimate of drug-likeness (QED) is 0.484. The van der Waals surface area contributed by atoms with E-state index in [4.69, 9.17) is 11.6 Å². The topological polar surface area (TPSA) is 55.2 Å². The highest BCUT2D eigenvalue weighted by molar-refractivity contribution is 7.98. The van der Waals surface area contributed by atoms with Gasteiger partial charge in [0.2, 0.25) is 0 Å². The van der Waals surface area contributed by atoms with E-state index in [1.165, 1.54) is 18.2 Å². The fraction of sp³-hybridized carbons (Fsp3) is 0.400. The average molecular weight is 261 g/mol. The molecule has 0 aromatic heterocycles. The maximum Gasteiger partial charge on any atom is 0.271 e. The molecule has 1 N–H and O–H groups in total. The van der Waals surface area contributed by atoms with E-state index in [2.05, 4.69) is 5.32 Å². The van der Waals surface area contributed by atoms with Crippen LogP contribution < -0.4 is 5.32 Å². The highest BCUT2D eigenvalue weighted by Crippen LogP contribution is 2.26. The van der Waals surface area contributed by atoms with Crippen molar-refractivity contribution in [2.75, 3.05) is 23.9 Å². The maximum absolute atomic E-state index is 10.6. The summed E-state index contributed by atoms with van der Waals surface area (Å²) in [5, 5.41) is 14.2. The molecule has 0 aliphatic carbocycles. The van der Waals surface area contributed by atoms with Crippen LogP contribution in [0.5, 0.6) is 0 Å². The lowest BCUT2D eigenvalue weighted by molar-refractivity contribution is -0.384. The zero-order chi connectivity index (χ0) is 12.0. The van der Waals surface area contributed by atoms with E-state index in [-0.39, 0.29) is 5.69 Å². The van der Waals surface area contributed by atoms with Crippen LogP contribution in [0, 0.1) is 10.1 Å². The number of rotatable bonds is 6. The number of anilines is 1. The Hall–Kier alpha value is -0.940. The molecule has 0 saturated heterocycles. The van der Waals surface area contributed by atoms with E-state index >= 15 is 0 Å². The summed E-state index contributed by atoms with van der Waals surface area (Å²) < 4.78 is 0. The van der Waals surface area contributed by atoms with Gasteiger partial charge in [-0.15, -0.1) is 0 Å². The first kappa shape index (κ1) is 13.1. The smallest absolute Gasteiger partial charge is 0.271 e. The number of hydrogen-bond acceptors (Lipinski definition) is 4. The molecule has 1 aromatic carbocycles. The Balaban J connectivity index is 2.63. The molecule has 0 aliphatic heterocycles. The molecule has 16 heavy (non-hydrogen) atoms. The SMILES string of the molecule is CSCCCNc1cc([N+](=O)[O-])ccc1Cl. The Bertz CT molecular complexity index is 374. The van der Waals surface area contributed by atoms with E-state index in [1.807, 2.05) is 6.26 Å². The molecule has 88 valence electrons. The summed E-state index contributed by atoms with van der Waals surface area (Å²) in [6, 6.07) is 4.40. The van der Waals surface area contributed by atoms with Gasteiger partial charge in [-0.1, -0.05) is 11.6 Å². The van der Waals surface area contributed by atoms with Crippen molar-refractivity contribution in [3.05, 3.63) is 33.3 Å². The van der Waals surface area contributed by atoms with Crippen LogP contribution in [0.15, 0.2) is 18.2 Å². The van der Waals surface area contributed by atoms with Gasteiger partial charge in [-0.3, -0.25) is 10.1 Å². The van der Waals surface area contributed by atoms with Gasteiger partial charge in [-0.05, 0) is 24.5 Å². The van der Waals surface area contributed by atoms with Crippen LogP contribution in [0.25, 0.3) is 0 Å². The van der Waals surface area contributed by atoms with Crippen LogP contribution in [0.1, 0.15) is 6.42 Å². The zero-order valence-electron chi connectivity index (χ0n) is 8.90. The molecule has 0 aliphatic rings. The number of benzene rings is 1. The first-order valence-corrected chi connectivity index (χ1v) is 6.59. The lowest BCUT2D eigenvalue weighted by Crippen LogP contribution is -2.03. The molecule has 0 fully saturated rings. The van der Waals surface area contributed by atoms with E-state index in [9.17, 15) is 10.1 Å². The Morgan fingerprint density at radius 2 is 2.31 bits per heavy atom. The highest BCUT2D eigenvalue weighted by atomic mass is 35.5. The molecular weight excluding hydrogens is 248 g/mol. The molecule has 1 aromatic rings. The van der Waals surface area contributed by atoms with E-state index in [1.54, 1.807) is 11.8 Å². The third kappa shape index (κ3) is 3.90. The van der Waals surface area contributed by atoms with Crippen molar-refractivity contribution < 1.29 is 4.92 Å². The molecule has 0 unspecified atom stereocenters. The van der Waals surface area contributed by atoms with Gasteiger partial charge in [-0.2, -0.15) is 11.8 Å². The molecule has 0 heterocycles. The highest BCUT2D eigenvalue weighted by Gasteiger charge is 2.08. The number of nitro benzene ring substituents is 1. The van der Waals surface area contributed by atoms with Crippen LogP contribution in [0.4, 0.5) is 11.4 Å². The van der Waals surface area contributed by atoms with Crippen molar-refractivity contribution >= 4 is 34.7 Å². The number of halogens is 1. The molecule has 0 bridgehead atoms. The summed E-state index contributed by atoms with van der Waals surface area (Å²) in [4.78, 5) is 10.1. The fourth-order valence-corrected chi connectivity index (χ4v) is 1.82. The minimum atomic E-state index is -0.427. The summed E-state index contributed by atoms with van der Waals surface area (Å²) in [5.41, 5.74) is 0.675. The van der Waals surface area contributed by atoms with Crippen LogP contribution >= 0.6 is 23.4 Å². The summed E-state index contributed by atoms with van der Waals surface area (Å²) >= 11 is 7.69. The van der Waals surface area contributed by atoms with Crippen LogP contribution in [-0.4, -0.2) is 23.5 Å². The summed E-state index contributed by atoms with van der Waals surface area (Å²) in [6.07, 6.45) is 3.04. The lowest BCUT2D eigenvalue weighted by atomic mass is 10.2. The number of non-ortho nitro benzene ring substituents is 1. The predicted molar refractivity (Wildman–Crippen MR) is 69.6 cm³/mol. The van der Waals surface area contributed by atoms with Gasteiger partial charge in [0, 0.05) is 18.7 Å².